The number of phenols is 1. The van der Waals surface area contributed by atoms with E-state index in [9.17, 15) is 18.3 Å². The molecular weight excluding hydrogens is 361 g/mol. The number of aromatic hydroxyl groups is 1. The number of benzene rings is 1. The van der Waals surface area contributed by atoms with Crippen LogP contribution >= 0.6 is 0 Å². The molecule has 1 saturated heterocycles. The largest absolute Gasteiger partial charge is 0.507 e. The molecule has 0 amide bonds. The smallest absolute Gasteiger partial charge is 0.416 e. The summed E-state index contributed by atoms with van der Waals surface area (Å²) in [4.78, 5) is 8.72. The van der Waals surface area contributed by atoms with Crippen LogP contribution in [-0.2, 0) is 16.5 Å². The Hall–Kier alpha value is -2.68. The summed E-state index contributed by atoms with van der Waals surface area (Å²) in [6.45, 7) is 4.70. The number of rotatable bonds is 2. The van der Waals surface area contributed by atoms with Crippen molar-refractivity contribution in [2.75, 3.05) is 13.2 Å². The first-order chi connectivity index (χ1) is 12.7. The standard InChI is InChI=1S/C18H17F3N4O2/c1-10-5-11(18(19,20)21)6-14(26)15(10)12-7-22-13-8-25(24-16(13)23-12)17(2)3-4-27-9-17/h5-8,26H,3-4,9H2,1-2H3/t17-/m1/s1. The lowest BCUT2D eigenvalue weighted by molar-refractivity contribution is -0.137. The molecule has 9 heteroatoms. The van der Waals surface area contributed by atoms with E-state index in [1.54, 1.807) is 10.9 Å². The molecule has 1 N–H and O–H groups in total. The van der Waals surface area contributed by atoms with Crippen LogP contribution in [0.25, 0.3) is 22.4 Å². The van der Waals surface area contributed by atoms with E-state index in [-0.39, 0.29) is 22.4 Å². The Balaban J connectivity index is 1.79. The lowest BCUT2D eigenvalue weighted by Crippen LogP contribution is -2.30. The van der Waals surface area contributed by atoms with Crippen molar-refractivity contribution < 1.29 is 23.0 Å². The quantitative estimate of drug-likeness (QED) is 0.737. The van der Waals surface area contributed by atoms with Gasteiger partial charge in [0.1, 0.15) is 11.3 Å². The number of alkyl halides is 3. The number of fused-ring (bicyclic) bond motifs is 1. The van der Waals surface area contributed by atoms with Crippen LogP contribution in [0.5, 0.6) is 5.75 Å². The van der Waals surface area contributed by atoms with Gasteiger partial charge in [-0.3, -0.25) is 4.68 Å². The summed E-state index contributed by atoms with van der Waals surface area (Å²) in [6.07, 6.45) is -0.516. The highest BCUT2D eigenvalue weighted by atomic mass is 19.4. The lowest BCUT2D eigenvalue weighted by atomic mass is 10.0. The van der Waals surface area contributed by atoms with Crippen molar-refractivity contribution in [3.05, 3.63) is 35.7 Å². The molecule has 6 nitrogen and oxygen atoms in total. The maximum Gasteiger partial charge on any atom is 0.416 e. The highest BCUT2D eigenvalue weighted by Gasteiger charge is 2.34. The van der Waals surface area contributed by atoms with Crippen LogP contribution in [0.15, 0.2) is 24.5 Å². The average Bonchev–Trinajstić information content (AvgIpc) is 3.20. The van der Waals surface area contributed by atoms with Crippen molar-refractivity contribution >= 4 is 11.2 Å². The van der Waals surface area contributed by atoms with Gasteiger partial charge in [-0.25, -0.2) is 9.97 Å². The van der Waals surface area contributed by atoms with Gasteiger partial charge in [-0.2, -0.15) is 13.2 Å². The summed E-state index contributed by atoms with van der Waals surface area (Å²) >= 11 is 0. The Morgan fingerprint density at radius 2 is 2.07 bits per heavy atom. The summed E-state index contributed by atoms with van der Waals surface area (Å²) in [5, 5.41) is 14.6. The van der Waals surface area contributed by atoms with E-state index in [4.69, 9.17) is 4.74 Å². The third kappa shape index (κ3) is 3.01. The highest BCUT2D eigenvalue weighted by Crippen LogP contribution is 2.38. The molecule has 1 aromatic carbocycles. The second kappa shape index (κ2) is 5.91. The summed E-state index contributed by atoms with van der Waals surface area (Å²) < 4.78 is 46.0. The molecule has 142 valence electrons. The second-order valence-corrected chi connectivity index (χ2v) is 7.02. The van der Waals surface area contributed by atoms with E-state index in [0.717, 1.165) is 12.5 Å². The summed E-state index contributed by atoms with van der Waals surface area (Å²) in [5.74, 6) is -0.494. The number of nitrogens with zero attached hydrogens (tertiary/aromatic N) is 4. The number of aromatic nitrogens is 4. The first-order valence-corrected chi connectivity index (χ1v) is 8.39. The Labute approximate surface area is 152 Å². The average molecular weight is 378 g/mol. The fraction of sp³-hybridized carbons (Fsp3) is 0.389. The van der Waals surface area contributed by atoms with Crippen LogP contribution in [0.3, 0.4) is 0 Å². The van der Waals surface area contributed by atoms with E-state index in [2.05, 4.69) is 15.1 Å². The minimum absolute atomic E-state index is 0.211. The van der Waals surface area contributed by atoms with Crippen LogP contribution in [0.4, 0.5) is 13.2 Å². The zero-order chi connectivity index (χ0) is 19.4. The lowest BCUT2D eigenvalue weighted by Gasteiger charge is -2.21. The molecule has 0 saturated carbocycles. The van der Waals surface area contributed by atoms with Gasteiger partial charge < -0.3 is 9.84 Å². The summed E-state index contributed by atoms with van der Waals surface area (Å²) in [7, 11) is 0. The fourth-order valence-electron chi connectivity index (χ4n) is 3.30. The van der Waals surface area contributed by atoms with Gasteiger partial charge in [-0.1, -0.05) is 0 Å². The van der Waals surface area contributed by atoms with E-state index >= 15 is 0 Å². The third-order valence-corrected chi connectivity index (χ3v) is 4.88. The van der Waals surface area contributed by atoms with Crippen LogP contribution in [0.2, 0.25) is 0 Å². The molecule has 1 atom stereocenters. The van der Waals surface area contributed by atoms with Crippen molar-refractivity contribution in [1.29, 1.82) is 0 Å². The van der Waals surface area contributed by atoms with Crippen LogP contribution in [0, 0.1) is 6.92 Å². The van der Waals surface area contributed by atoms with Gasteiger partial charge >= 0.3 is 6.18 Å². The predicted molar refractivity (Wildman–Crippen MR) is 91.2 cm³/mol. The van der Waals surface area contributed by atoms with Gasteiger partial charge in [0, 0.05) is 12.2 Å². The van der Waals surface area contributed by atoms with Gasteiger partial charge in [0.25, 0.3) is 0 Å². The number of ether oxygens (including phenoxy) is 1. The monoisotopic (exact) mass is 378 g/mol. The molecule has 0 radical (unpaired) electrons. The van der Waals surface area contributed by atoms with Crippen molar-refractivity contribution in [1.82, 2.24) is 19.7 Å². The molecule has 0 aliphatic carbocycles. The van der Waals surface area contributed by atoms with E-state index in [1.165, 1.54) is 13.1 Å². The molecule has 4 rings (SSSR count). The number of halogens is 3. The van der Waals surface area contributed by atoms with Gasteiger partial charge in [0.2, 0.25) is 0 Å². The minimum Gasteiger partial charge on any atom is -0.507 e. The third-order valence-electron chi connectivity index (χ3n) is 4.88. The summed E-state index contributed by atoms with van der Waals surface area (Å²) in [5.41, 5.74) is 0.469. The second-order valence-electron chi connectivity index (χ2n) is 7.02. The van der Waals surface area contributed by atoms with Gasteiger partial charge in [0.05, 0.1) is 35.8 Å². The van der Waals surface area contributed by atoms with E-state index < -0.39 is 17.5 Å². The highest BCUT2D eigenvalue weighted by molar-refractivity contribution is 5.77. The molecule has 2 aromatic heterocycles. The molecule has 3 aromatic rings. The maximum atomic E-state index is 12.9. The number of aryl methyl sites for hydroxylation is 1. The van der Waals surface area contributed by atoms with Crippen LogP contribution < -0.4 is 0 Å². The molecule has 0 spiro atoms. The minimum atomic E-state index is -4.53. The molecule has 1 aliphatic heterocycles. The number of hydrogen-bond acceptors (Lipinski definition) is 5. The molecule has 1 aliphatic rings. The van der Waals surface area contributed by atoms with E-state index in [0.29, 0.717) is 30.4 Å². The van der Waals surface area contributed by atoms with Gasteiger partial charge in [0.15, 0.2) is 5.65 Å². The molecule has 27 heavy (non-hydrogen) atoms. The molecule has 1 fully saturated rings. The molecule has 3 heterocycles. The normalized spacial score (nSPS) is 20.5. The Bertz CT molecular complexity index is 1000. The molecular formula is C18H17F3N4O2. The molecule has 0 unspecified atom stereocenters. The van der Waals surface area contributed by atoms with Crippen molar-refractivity contribution in [3.63, 3.8) is 0 Å². The van der Waals surface area contributed by atoms with E-state index in [1.807, 2.05) is 6.92 Å². The van der Waals surface area contributed by atoms with Crippen molar-refractivity contribution in [2.24, 2.45) is 0 Å². The van der Waals surface area contributed by atoms with Gasteiger partial charge in [-0.15, -0.1) is 5.10 Å². The number of phenolic OH excluding ortho intramolecular Hbond substituents is 1. The van der Waals surface area contributed by atoms with Crippen molar-refractivity contribution in [2.45, 2.75) is 32.0 Å². The first kappa shape index (κ1) is 17.7. The zero-order valence-electron chi connectivity index (χ0n) is 14.7. The van der Waals surface area contributed by atoms with Crippen LogP contribution in [-0.4, -0.2) is 38.1 Å². The maximum absolute atomic E-state index is 12.9. The van der Waals surface area contributed by atoms with Gasteiger partial charge in [-0.05, 0) is 38.0 Å². The molecule has 0 bridgehead atoms. The Morgan fingerprint density at radius 3 is 2.70 bits per heavy atom. The SMILES string of the molecule is Cc1cc(C(F)(F)F)cc(O)c1-c1cnc2cn([C@]3(C)CCOC3)nc2n1. The Kier molecular flexibility index (Phi) is 3.88. The van der Waals surface area contributed by atoms with Crippen LogP contribution in [0.1, 0.15) is 24.5 Å². The topological polar surface area (TPSA) is 73.1 Å². The zero-order valence-corrected chi connectivity index (χ0v) is 14.7. The first-order valence-electron chi connectivity index (χ1n) is 8.39. The predicted octanol–water partition coefficient (Wildman–Crippen LogP) is 3.66. The summed E-state index contributed by atoms with van der Waals surface area (Å²) in [6, 6.07) is 1.68. The number of hydrogen-bond donors (Lipinski definition) is 1. The van der Waals surface area contributed by atoms with Crippen molar-refractivity contribution in [3.8, 4) is 17.0 Å². The Morgan fingerprint density at radius 1 is 1.30 bits per heavy atom. The fourth-order valence-corrected chi connectivity index (χ4v) is 3.30.